The summed E-state index contributed by atoms with van der Waals surface area (Å²) in [5, 5.41) is 18.5. The SMILES string of the molecule is Cc1cc2ccncc2c(Nc2ccc(C[C@H](NC3=C(Br)C(=O)C34CCCCC4)C(=O)O)cc2)n1. The van der Waals surface area contributed by atoms with Crippen LogP contribution in [0.2, 0.25) is 0 Å². The highest BCUT2D eigenvalue weighted by Crippen LogP contribution is 2.53. The maximum atomic E-state index is 12.6. The van der Waals surface area contributed by atoms with Gasteiger partial charge in [0.15, 0.2) is 5.78 Å². The van der Waals surface area contributed by atoms with Gasteiger partial charge < -0.3 is 15.7 Å². The third-order valence-electron chi connectivity index (χ3n) is 7.07. The van der Waals surface area contributed by atoms with E-state index in [0.717, 1.165) is 71.3 Å². The number of hydrogen-bond acceptors (Lipinski definition) is 6. The van der Waals surface area contributed by atoms with Crippen LogP contribution in [0.25, 0.3) is 10.8 Å². The molecule has 0 aliphatic heterocycles. The first-order valence-corrected chi connectivity index (χ1v) is 12.7. The van der Waals surface area contributed by atoms with E-state index in [0.29, 0.717) is 10.9 Å². The summed E-state index contributed by atoms with van der Waals surface area (Å²) >= 11 is 3.38. The lowest BCUT2D eigenvalue weighted by Crippen LogP contribution is -2.53. The van der Waals surface area contributed by atoms with Gasteiger partial charge in [0, 0.05) is 41.3 Å². The number of aliphatic carboxylic acids is 1. The van der Waals surface area contributed by atoms with Gasteiger partial charge in [0.2, 0.25) is 0 Å². The number of hydrogen-bond donors (Lipinski definition) is 3. The summed E-state index contributed by atoms with van der Waals surface area (Å²) in [5.41, 5.74) is 2.88. The molecule has 1 atom stereocenters. The van der Waals surface area contributed by atoms with Crippen molar-refractivity contribution in [2.75, 3.05) is 5.32 Å². The maximum Gasteiger partial charge on any atom is 0.326 e. The van der Waals surface area contributed by atoms with E-state index in [9.17, 15) is 14.7 Å². The summed E-state index contributed by atoms with van der Waals surface area (Å²) in [7, 11) is 0. The highest BCUT2D eigenvalue weighted by molar-refractivity contribution is 9.12. The number of ketones is 1. The van der Waals surface area contributed by atoms with Crippen LogP contribution < -0.4 is 10.6 Å². The molecule has 0 bridgehead atoms. The van der Waals surface area contributed by atoms with Gasteiger partial charge in [-0.15, -0.1) is 0 Å². The van der Waals surface area contributed by atoms with Crippen LogP contribution in [0.3, 0.4) is 0 Å². The molecule has 2 aliphatic carbocycles. The summed E-state index contributed by atoms with van der Waals surface area (Å²) in [6.45, 7) is 1.95. The first-order valence-electron chi connectivity index (χ1n) is 11.9. The number of pyridine rings is 2. The summed E-state index contributed by atoms with van der Waals surface area (Å²) in [5.74, 6) is -0.102. The van der Waals surface area contributed by atoms with E-state index in [-0.39, 0.29) is 5.78 Å². The fraction of sp³-hybridized carbons (Fsp3) is 0.333. The first kappa shape index (κ1) is 23.5. The molecular weight excluding hydrogens is 508 g/mol. The number of halogens is 1. The first-order chi connectivity index (χ1) is 16.9. The molecule has 1 fully saturated rings. The van der Waals surface area contributed by atoms with Gasteiger partial charge >= 0.3 is 5.97 Å². The molecular formula is C27H27BrN4O3. The second kappa shape index (κ2) is 9.41. The Morgan fingerprint density at radius 2 is 1.91 bits per heavy atom. The van der Waals surface area contributed by atoms with Crippen molar-refractivity contribution in [3.8, 4) is 0 Å². The zero-order valence-electron chi connectivity index (χ0n) is 19.5. The summed E-state index contributed by atoms with van der Waals surface area (Å²) in [6, 6.07) is 10.8. The number of fused-ring (bicyclic) bond motifs is 1. The van der Waals surface area contributed by atoms with Crippen molar-refractivity contribution in [1.82, 2.24) is 15.3 Å². The zero-order chi connectivity index (χ0) is 24.6. The molecule has 180 valence electrons. The highest BCUT2D eigenvalue weighted by atomic mass is 79.9. The number of carbonyl (C=O) groups is 2. The molecule has 0 unspecified atom stereocenters. The van der Waals surface area contributed by atoms with Crippen molar-refractivity contribution in [1.29, 1.82) is 0 Å². The molecule has 2 heterocycles. The molecule has 3 N–H and O–H groups in total. The number of Topliss-reactive ketones (excluding diaryl/α,β-unsaturated/α-hetero) is 1. The van der Waals surface area contributed by atoms with Gasteiger partial charge in [-0.05, 0) is 70.9 Å². The van der Waals surface area contributed by atoms with Crippen LogP contribution in [0, 0.1) is 12.3 Å². The number of allylic oxidation sites excluding steroid dienone is 2. The standard InChI is InChI=1S/C27H27BrN4O3/c1-16-13-18-9-12-29-15-20(18)25(30-16)31-19-7-5-17(6-8-19)14-21(26(34)35)32-23-22(28)24(33)27(23)10-3-2-4-11-27/h5-9,12-13,15,21,32H,2-4,10-11,14H2,1H3,(H,30,31)(H,34,35)/t21-/m0/s1. The lowest BCUT2D eigenvalue weighted by molar-refractivity contribution is -0.140. The molecule has 5 rings (SSSR count). The van der Waals surface area contributed by atoms with Gasteiger partial charge in [-0.1, -0.05) is 31.4 Å². The zero-order valence-corrected chi connectivity index (χ0v) is 21.1. The summed E-state index contributed by atoms with van der Waals surface area (Å²) in [6.07, 6.45) is 8.53. The van der Waals surface area contributed by atoms with Gasteiger partial charge in [0.05, 0.1) is 9.90 Å². The number of rotatable bonds is 7. The molecule has 0 saturated heterocycles. The second-order valence-electron chi connectivity index (χ2n) is 9.43. The number of benzene rings is 1. The van der Waals surface area contributed by atoms with E-state index in [1.807, 2.05) is 43.3 Å². The lowest BCUT2D eigenvalue weighted by atomic mass is 9.62. The van der Waals surface area contributed by atoms with Gasteiger partial charge in [0.1, 0.15) is 11.9 Å². The highest BCUT2D eigenvalue weighted by Gasteiger charge is 2.53. The Labute approximate surface area is 212 Å². The van der Waals surface area contributed by atoms with Crippen LogP contribution in [0.15, 0.2) is 59.0 Å². The smallest absolute Gasteiger partial charge is 0.326 e. The molecule has 0 radical (unpaired) electrons. The fourth-order valence-electron chi connectivity index (χ4n) is 5.21. The Kier molecular flexibility index (Phi) is 6.32. The molecule has 2 aromatic heterocycles. The van der Waals surface area contributed by atoms with Crippen LogP contribution in [-0.4, -0.2) is 32.9 Å². The number of carbonyl (C=O) groups excluding carboxylic acids is 1. The van der Waals surface area contributed by atoms with Crippen LogP contribution in [0.5, 0.6) is 0 Å². The van der Waals surface area contributed by atoms with Crippen LogP contribution in [0.4, 0.5) is 11.5 Å². The Hall–Kier alpha value is -3.26. The fourth-order valence-corrected chi connectivity index (χ4v) is 6.08. The Morgan fingerprint density at radius 3 is 2.63 bits per heavy atom. The van der Waals surface area contributed by atoms with Crippen molar-refractivity contribution < 1.29 is 14.7 Å². The molecule has 35 heavy (non-hydrogen) atoms. The molecule has 8 heteroatoms. The second-order valence-corrected chi connectivity index (χ2v) is 10.2. The third kappa shape index (κ3) is 4.43. The Balaban J connectivity index is 1.31. The van der Waals surface area contributed by atoms with Gasteiger partial charge in [-0.25, -0.2) is 9.78 Å². The number of carboxylic acids is 1. The van der Waals surface area contributed by atoms with Crippen molar-refractivity contribution >= 4 is 50.0 Å². The number of nitrogens with one attached hydrogen (secondary N) is 2. The van der Waals surface area contributed by atoms with Gasteiger partial charge in [0.25, 0.3) is 0 Å². The van der Waals surface area contributed by atoms with E-state index in [1.165, 1.54) is 0 Å². The van der Waals surface area contributed by atoms with E-state index in [4.69, 9.17) is 0 Å². The molecule has 2 aliphatic rings. The molecule has 1 spiro atoms. The van der Waals surface area contributed by atoms with Crippen molar-refractivity contribution in [2.24, 2.45) is 5.41 Å². The van der Waals surface area contributed by atoms with Gasteiger partial charge in [-0.3, -0.25) is 9.78 Å². The monoisotopic (exact) mass is 534 g/mol. The van der Waals surface area contributed by atoms with Crippen molar-refractivity contribution in [3.63, 3.8) is 0 Å². The summed E-state index contributed by atoms with van der Waals surface area (Å²) < 4.78 is 0.498. The van der Waals surface area contributed by atoms with E-state index in [2.05, 4.69) is 36.5 Å². The van der Waals surface area contributed by atoms with Crippen LogP contribution in [-0.2, 0) is 16.0 Å². The normalized spacial score (nSPS) is 17.8. The average molecular weight is 535 g/mol. The minimum atomic E-state index is -0.937. The van der Waals surface area contributed by atoms with E-state index < -0.39 is 17.4 Å². The topological polar surface area (TPSA) is 104 Å². The molecule has 1 saturated carbocycles. The van der Waals surface area contributed by atoms with Crippen molar-refractivity contribution in [3.05, 3.63) is 70.2 Å². The average Bonchev–Trinajstić information content (AvgIpc) is 2.87. The van der Waals surface area contributed by atoms with E-state index >= 15 is 0 Å². The predicted molar refractivity (Wildman–Crippen MR) is 139 cm³/mol. The number of nitrogens with zero attached hydrogens (tertiary/aromatic N) is 2. The van der Waals surface area contributed by atoms with Crippen LogP contribution in [0.1, 0.15) is 43.4 Å². The number of anilines is 2. The van der Waals surface area contributed by atoms with Crippen LogP contribution >= 0.6 is 15.9 Å². The third-order valence-corrected chi connectivity index (χ3v) is 7.83. The minimum absolute atomic E-state index is 0.103. The molecule has 3 aromatic rings. The molecule has 0 amide bonds. The molecule has 1 aromatic carbocycles. The van der Waals surface area contributed by atoms with E-state index in [1.54, 1.807) is 12.4 Å². The number of aromatic nitrogens is 2. The predicted octanol–water partition coefficient (Wildman–Crippen LogP) is 5.41. The number of carboxylic acid groups (broad SMARTS) is 1. The summed E-state index contributed by atoms with van der Waals surface area (Å²) in [4.78, 5) is 33.6. The largest absolute Gasteiger partial charge is 0.480 e. The Morgan fingerprint density at radius 1 is 1.17 bits per heavy atom. The quantitative estimate of drug-likeness (QED) is 0.372. The van der Waals surface area contributed by atoms with Crippen molar-refractivity contribution in [2.45, 2.75) is 51.5 Å². The lowest BCUT2D eigenvalue weighted by Gasteiger charge is -2.46. The number of aryl methyl sites for hydroxylation is 1. The minimum Gasteiger partial charge on any atom is -0.480 e. The maximum absolute atomic E-state index is 12.6. The van der Waals surface area contributed by atoms with Gasteiger partial charge in [-0.2, -0.15) is 0 Å². The molecule has 7 nitrogen and oxygen atoms in total. The Bertz CT molecular complexity index is 1330.